The Morgan fingerprint density at radius 2 is 1.84 bits per heavy atom. The van der Waals surface area contributed by atoms with Gasteiger partial charge < -0.3 is 15.4 Å². The lowest BCUT2D eigenvalue weighted by molar-refractivity contribution is -0.117. The minimum atomic E-state index is -0.370. The Morgan fingerprint density at radius 3 is 2.58 bits per heavy atom. The molecule has 2 N–H and O–H groups in total. The summed E-state index contributed by atoms with van der Waals surface area (Å²) in [6.45, 7) is 5.74. The van der Waals surface area contributed by atoms with Gasteiger partial charge in [0.2, 0.25) is 11.8 Å². The largest absolute Gasteiger partial charge is 0.492 e. The quantitative estimate of drug-likeness (QED) is 0.579. The molecule has 8 nitrogen and oxygen atoms in total. The van der Waals surface area contributed by atoms with Crippen LogP contribution in [0.25, 0.3) is 10.9 Å². The molecule has 0 aliphatic heterocycles. The SMILES string of the molecule is CCCC(=O)Nc1ccc2nc(C)n(CC(=O)Nc3ccccc3OCC)c(=O)c2c1. The monoisotopic (exact) mass is 422 g/mol. The number of amides is 2. The van der Waals surface area contributed by atoms with Crippen molar-refractivity contribution in [3.05, 3.63) is 58.6 Å². The molecule has 0 atom stereocenters. The van der Waals surface area contributed by atoms with Gasteiger partial charge in [-0.3, -0.25) is 19.0 Å². The lowest BCUT2D eigenvalue weighted by Crippen LogP contribution is -2.30. The van der Waals surface area contributed by atoms with Crippen LogP contribution in [0.1, 0.15) is 32.5 Å². The van der Waals surface area contributed by atoms with Crippen molar-refractivity contribution in [3.8, 4) is 5.75 Å². The van der Waals surface area contributed by atoms with Crippen LogP contribution in [0.4, 0.5) is 11.4 Å². The Bertz CT molecular complexity index is 1170. The molecule has 0 radical (unpaired) electrons. The van der Waals surface area contributed by atoms with E-state index in [1.54, 1.807) is 43.3 Å². The highest BCUT2D eigenvalue weighted by Gasteiger charge is 2.14. The summed E-state index contributed by atoms with van der Waals surface area (Å²) in [6.07, 6.45) is 1.13. The number of benzene rings is 2. The van der Waals surface area contributed by atoms with Gasteiger partial charge in [-0.2, -0.15) is 0 Å². The second-order valence-electron chi connectivity index (χ2n) is 7.06. The second-order valence-corrected chi connectivity index (χ2v) is 7.06. The van der Waals surface area contributed by atoms with Crippen molar-refractivity contribution in [3.63, 3.8) is 0 Å². The van der Waals surface area contributed by atoms with Crippen LogP contribution >= 0.6 is 0 Å². The van der Waals surface area contributed by atoms with Crippen LogP contribution in [-0.2, 0) is 16.1 Å². The maximum absolute atomic E-state index is 13.1. The molecule has 0 bridgehead atoms. The Balaban J connectivity index is 1.87. The molecule has 3 rings (SSSR count). The molecule has 31 heavy (non-hydrogen) atoms. The molecule has 0 saturated heterocycles. The maximum Gasteiger partial charge on any atom is 0.261 e. The molecule has 0 spiro atoms. The summed E-state index contributed by atoms with van der Waals surface area (Å²) in [7, 11) is 0. The Hall–Kier alpha value is -3.68. The molecule has 2 amide bonds. The molecular formula is C23H26N4O4. The zero-order valence-electron chi connectivity index (χ0n) is 17.9. The van der Waals surface area contributed by atoms with Crippen molar-refractivity contribution in [2.45, 2.75) is 40.2 Å². The van der Waals surface area contributed by atoms with E-state index in [1.807, 2.05) is 19.9 Å². The van der Waals surface area contributed by atoms with Crippen molar-refractivity contribution in [2.24, 2.45) is 0 Å². The number of nitrogens with zero attached hydrogens (tertiary/aromatic N) is 2. The van der Waals surface area contributed by atoms with E-state index in [1.165, 1.54) is 4.57 Å². The third-order valence-electron chi connectivity index (χ3n) is 4.67. The first-order valence-electron chi connectivity index (χ1n) is 10.3. The van der Waals surface area contributed by atoms with Crippen LogP contribution in [-0.4, -0.2) is 28.0 Å². The third-order valence-corrected chi connectivity index (χ3v) is 4.67. The van der Waals surface area contributed by atoms with Gasteiger partial charge in [0.05, 0.1) is 23.2 Å². The van der Waals surface area contributed by atoms with E-state index in [0.717, 1.165) is 6.42 Å². The fourth-order valence-corrected chi connectivity index (χ4v) is 3.23. The predicted molar refractivity (Wildman–Crippen MR) is 121 cm³/mol. The van der Waals surface area contributed by atoms with Crippen LogP contribution < -0.4 is 20.9 Å². The Kier molecular flexibility index (Phi) is 7.02. The van der Waals surface area contributed by atoms with Crippen molar-refractivity contribution < 1.29 is 14.3 Å². The van der Waals surface area contributed by atoms with Crippen molar-refractivity contribution >= 4 is 34.1 Å². The molecule has 0 unspecified atom stereocenters. The van der Waals surface area contributed by atoms with E-state index in [2.05, 4.69) is 15.6 Å². The number of rotatable bonds is 8. The van der Waals surface area contributed by atoms with Crippen LogP contribution in [0.3, 0.4) is 0 Å². The van der Waals surface area contributed by atoms with E-state index in [9.17, 15) is 14.4 Å². The van der Waals surface area contributed by atoms with Gasteiger partial charge in [0.25, 0.3) is 5.56 Å². The van der Waals surface area contributed by atoms with Gasteiger partial charge in [-0.15, -0.1) is 0 Å². The minimum Gasteiger partial charge on any atom is -0.492 e. The molecule has 162 valence electrons. The summed E-state index contributed by atoms with van der Waals surface area (Å²) in [4.78, 5) is 42.0. The van der Waals surface area contributed by atoms with Crippen LogP contribution in [0.15, 0.2) is 47.3 Å². The molecule has 8 heteroatoms. The Morgan fingerprint density at radius 1 is 1.06 bits per heavy atom. The first kappa shape index (κ1) is 22.0. The van der Waals surface area contributed by atoms with Gasteiger partial charge in [0, 0.05) is 12.1 Å². The summed E-state index contributed by atoms with van der Waals surface area (Å²) in [5.74, 6) is 0.500. The number of aromatic nitrogens is 2. The molecule has 1 heterocycles. The summed E-state index contributed by atoms with van der Waals surface area (Å²) >= 11 is 0. The number of nitrogens with one attached hydrogen (secondary N) is 2. The highest BCUT2D eigenvalue weighted by Crippen LogP contribution is 2.23. The third kappa shape index (κ3) is 5.28. The summed E-state index contributed by atoms with van der Waals surface area (Å²) in [5.41, 5.74) is 1.22. The number of hydrogen-bond donors (Lipinski definition) is 2. The molecule has 0 aliphatic rings. The average molecular weight is 422 g/mol. The van der Waals surface area contributed by atoms with E-state index >= 15 is 0 Å². The predicted octanol–water partition coefficient (Wildman–Crippen LogP) is 3.48. The molecule has 0 aliphatic carbocycles. The molecule has 1 aromatic heterocycles. The smallest absolute Gasteiger partial charge is 0.261 e. The normalized spacial score (nSPS) is 10.7. The summed E-state index contributed by atoms with van der Waals surface area (Å²) in [5, 5.41) is 5.90. The van der Waals surface area contributed by atoms with E-state index in [-0.39, 0.29) is 23.9 Å². The maximum atomic E-state index is 13.1. The van der Waals surface area contributed by atoms with Gasteiger partial charge in [-0.25, -0.2) is 4.98 Å². The number of aryl methyl sites for hydroxylation is 1. The molecule has 0 saturated carbocycles. The number of para-hydroxylation sites is 2. The van der Waals surface area contributed by atoms with Gasteiger partial charge in [-0.1, -0.05) is 19.1 Å². The number of carbonyl (C=O) groups is 2. The lowest BCUT2D eigenvalue weighted by atomic mass is 10.2. The highest BCUT2D eigenvalue weighted by atomic mass is 16.5. The molecule has 3 aromatic rings. The lowest BCUT2D eigenvalue weighted by Gasteiger charge is -2.14. The van der Waals surface area contributed by atoms with Crippen molar-refractivity contribution in [1.82, 2.24) is 9.55 Å². The molecular weight excluding hydrogens is 396 g/mol. The minimum absolute atomic E-state index is 0.116. The highest BCUT2D eigenvalue weighted by molar-refractivity contribution is 5.94. The summed E-state index contributed by atoms with van der Waals surface area (Å²) < 4.78 is 6.84. The van der Waals surface area contributed by atoms with E-state index in [4.69, 9.17) is 4.74 Å². The van der Waals surface area contributed by atoms with Gasteiger partial charge in [0.15, 0.2) is 0 Å². The van der Waals surface area contributed by atoms with E-state index < -0.39 is 0 Å². The molecule has 0 fully saturated rings. The number of hydrogen-bond acceptors (Lipinski definition) is 5. The number of ether oxygens (including phenoxy) is 1. The van der Waals surface area contributed by atoms with Gasteiger partial charge in [0.1, 0.15) is 18.1 Å². The fourth-order valence-electron chi connectivity index (χ4n) is 3.23. The molecule has 2 aromatic carbocycles. The van der Waals surface area contributed by atoms with Crippen LogP contribution in [0, 0.1) is 6.92 Å². The van der Waals surface area contributed by atoms with Crippen molar-refractivity contribution in [2.75, 3.05) is 17.2 Å². The topological polar surface area (TPSA) is 102 Å². The Labute approximate surface area is 180 Å². The number of fused-ring (bicyclic) bond motifs is 1. The second kappa shape index (κ2) is 9.88. The van der Waals surface area contributed by atoms with Gasteiger partial charge >= 0.3 is 0 Å². The van der Waals surface area contributed by atoms with Crippen LogP contribution in [0.5, 0.6) is 5.75 Å². The summed E-state index contributed by atoms with van der Waals surface area (Å²) in [6, 6.07) is 12.1. The number of anilines is 2. The zero-order valence-corrected chi connectivity index (χ0v) is 17.9. The van der Waals surface area contributed by atoms with Gasteiger partial charge in [-0.05, 0) is 50.6 Å². The number of carbonyl (C=O) groups excluding carboxylic acids is 2. The first-order valence-corrected chi connectivity index (χ1v) is 10.3. The zero-order chi connectivity index (χ0) is 22.4. The standard InChI is InChI=1S/C23H26N4O4/c1-4-8-21(28)25-16-11-12-18-17(13-16)23(30)27(15(3)24-18)14-22(29)26-19-9-6-7-10-20(19)31-5-2/h6-7,9-13H,4-5,8,14H2,1-3H3,(H,25,28)(H,26,29). The van der Waals surface area contributed by atoms with Crippen molar-refractivity contribution in [1.29, 1.82) is 0 Å². The van der Waals surface area contributed by atoms with E-state index in [0.29, 0.717) is 46.9 Å². The average Bonchev–Trinajstić information content (AvgIpc) is 2.73. The fraction of sp³-hybridized carbons (Fsp3) is 0.304. The van der Waals surface area contributed by atoms with Crippen LogP contribution in [0.2, 0.25) is 0 Å². The first-order chi connectivity index (χ1) is 14.9.